The molecule has 2 rings (SSSR count). The number of ether oxygens (including phenoxy) is 2. The van der Waals surface area contributed by atoms with Gasteiger partial charge >= 0.3 is 5.97 Å². The fourth-order valence-corrected chi connectivity index (χ4v) is 3.67. The van der Waals surface area contributed by atoms with Gasteiger partial charge in [-0.05, 0) is 42.8 Å². The molecule has 156 valence electrons. The predicted octanol–water partition coefficient (Wildman–Crippen LogP) is 2.75. The van der Waals surface area contributed by atoms with E-state index in [1.807, 2.05) is 0 Å². The Balaban J connectivity index is 2.09. The van der Waals surface area contributed by atoms with E-state index in [1.54, 1.807) is 26.0 Å². The number of halogens is 1. The van der Waals surface area contributed by atoms with E-state index >= 15 is 0 Å². The molecule has 2 aromatic carbocycles. The van der Waals surface area contributed by atoms with Crippen molar-refractivity contribution in [2.24, 2.45) is 0 Å². The maximum atomic E-state index is 12.4. The Morgan fingerprint density at radius 2 is 1.86 bits per heavy atom. The third kappa shape index (κ3) is 5.93. The summed E-state index contributed by atoms with van der Waals surface area (Å²) in [7, 11) is -2.29. The highest BCUT2D eigenvalue weighted by Crippen LogP contribution is 2.27. The summed E-state index contributed by atoms with van der Waals surface area (Å²) in [5, 5.41) is 2.94. The van der Waals surface area contributed by atoms with E-state index in [0.717, 1.165) is 0 Å². The van der Waals surface area contributed by atoms with Gasteiger partial charge in [-0.1, -0.05) is 24.6 Å². The molecule has 0 fully saturated rings. The molecule has 0 aliphatic rings. The van der Waals surface area contributed by atoms with Crippen molar-refractivity contribution >= 4 is 39.2 Å². The number of anilines is 1. The fraction of sp³-hybridized carbons (Fsp3) is 0.263. The summed E-state index contributed by atoms with van der Waals surface area (Å²) in [6.45, 7) is 2.92. The molecule has 0 spiro atoms. The molecule has 0 unspecified atom stereocenters. The number of nitrogens with one attached hydrogen (secondary N) is 2. The highest BCUT2D eigenvalue weighted by atomic mass is 35.5. The van der Waals surface area contributed by atoms with Crippen LogP contribution in [0.1, 0.15) is 22.8 Å². The van der Waals surface area contributed by atoms with E-state index in [0.29, 0.717) is 22.0 Å². The van der Waals surface area contributed by atoms with Crippen LogP contribution in [-0.4, -0.2) is 40.6 Å². The molecule has 0 aliphatic carbocycles. The largest absolute Gasteiger partial charge is 0.495 e. The molecule has 0 saturated carbocycles. The van der Waals surface area contributed by atoms with E-state index in [-0.39, 0.29) is 17.0 Å². The van der Waals surface area contributed by atoms with Crippen LogP contribution in [0.5, 0.6) is 5.75 Å². The van der Waals surface area contributed by atoms with E-state index in [2.05, 4.69) is 10.0 Å². The van der Waals surface area contributed by atoms with Crippen LogP contribution in [0.3, 0.4) is 0 Å². The standard InChI is InChI=1S/C19H21ClN2O6S/c1-4-21-29(25,26)14-7-5-12(2)15(10-14)19(24)28-11-18(23)22-16-9-13(20)6-8-17(16)27-3/h5-10,21H,4,11H2,1-3H3,(H,22,23). The van der Waals surface area contributed by atoms with Crippen molar-refractivity contribution in [2.45, 2.75) is 18.7 Å². The summed E-state index contributed by atoms with van der Waals surface area (Å²) in [5.74, 6) is -1.02. The minimum Gasteiger partial charge on any atom is -0.495 e. The average molecular weight is 441 g/mol. The molecular weight excluding hydrogens is 420 g/mol. The number of methoxy groups -OCH3 is 1. The number of hydrogen-bond donors (Lipinski definition) is 2. The van der Waals surface area contributed by atoms with Gasteiger partial charge in [0.05, 0.1) is 23.3 Å². The molecule has 1 amide bonds. The molecule has 10 heteroatoms. The van der Waals surface area contributed by atoms with E-state index in [9.17, 15) is 18.0 Å². The van der Waals surface area contributed by atoms with Gasteiger partial charge in [-0.3, -0.25) is 4.79 Å². The number of rotatable bonds is 8. The Kier molecular flexibility index (Phi) is 7.60. The summed E-state index contributed by atoms with van der Waals surface area (Å²) >= 11 is 5.91. The van der Waals surface area contributed by atoms with Crippen LogP contribution in [0.15, 0.2) is 41.3 Å². The number of benzene rings is 2. The zero-order valence-corrected chi connectivity index (χ0v) is 17.7. The van der Waals surface area contributed by atoms with Gasteiger partial charge in [0, 0.05) is 11.6 Å². The number of carbonyl (C=O) groups excluding carboxylic acids is 2. The van der Waals surface area contributed by atoms with Crippen LogP contribution in [0.2, 0.25) is 5.02 Å². The highest BCUT2D eigenvalue weighted by molar-refractivity contribution is 7.89. The molecular formula is C19H21ClN2O6S. The van der Waals surface area contributed by atoms with Gasteiger partial charge in [0.25, 0.3) is 5.91 Å². The summed E-state index contributed by atoms with van der Waals surface area (Å²) < 4.78 is 36.8. The first-order chi connectivity index (χ1) is 13.7. The lowest BCUT2D eigenvalue weighted by Crippen LogP contribution is -2.24. The Bertz CT molecular complexity index is 1020. The van der Waals surface area contributed by atoms with Crippen LogP contribution in [-0.2, 0) is 19.6 Å². The Morgan fingerprint density at radius 3 is 2.52 bits per heavy atom. The van der Waals surface area contributed by atoms with E-state index in [1.165, 1.54) is 31.4 Å². The van der Waals surface area contributed by atoms with Crippen LogP contribution in [0.4, 0.5) is 5.69 Å². The van der Waals surface area contributed by atoms with Crippen molar-refractivity contribution in [2.75, 3.05) is 25.6 Å². The quantitative estimate of drug-likeness (QED) is 0.610. The SMILES string of the molecule is CCNS(=O)(=O)c1ccc(C)c(C(=O)OCC(=O)Nc2cc(Cl)ccc2OC)c1. The van der Waals surface area contributed by atoms with Gasteiger partial charge in [0.15, 0.2) is 6.61 Å². The molecule has 29 heavy (non-hydrogen) atoms. The van der Waals surface area contributed by atoms with Crippen LogP contribution < -0.4 is 14.8 Å². The van der Waals surface area contributed by atoms with E-state index < -0.39 is 28.5 Å². The maximum Gasteiger partial charge on any atom is 0.338 e. The first-order valence-electron chi connectivity index (χ1n) is 8.58. The maximum absolute atomic E-state index is 12.4. The van der Waals surface area contributed by atoms with Crippen LogP contribution in [0.25, 0.3) is 0 Å². The monoisotopic (exact) mass is 440 g/mol. The molecule has 2 N–H and O–H groups in total. The smallest absolute Gasteiger partial charge is 0.338 e. The Hall–Kier alpha value is -2.62. The first kappa shape index (κ1) is 22.7. The second kappa shape index (κ2) is 9.73. The van der Waals surface area contributed by atoms with E-state index in [4.69, 9.17) is 21.1 Å². The van der Waals surface area contributed by atoms with Gasteiger partial charge in [-0.15, -0.1) is 0 Å². The number of amides is 1. The normalized spacial score (nSPS) is 11.0. The molecule has 0 aromatic heterocycles. The van der Waals surface area contributed by atoms with Gasteiger partial charge in [0.1, 0.15) is 5.75 Å². The third-order valence-corrected chi connectivity index (χ3v) is 5.62. The number of hydrogen-bond acceptors (Lipinski definition) is 6. The molecule has 0 bridgehead atoms. The molecule has 8 nitrogen and oxygen atoms in total. The van der Waals surface area contributed by atoms with Crippen molar-refractivity contribution in [1.29, 1.82) is 0 Å². The molecule has 0 heterocycles. The number of sulfonamides is 1. The second-order valence-corrected chi connectivity index (χ2v) is 8.15. The Morgan fingerprint density at radius 1 is 1.14 bits per heavy atom. The fourth-order valence-electron chi connectivity index (χ4n) is 2.43. The average Bonchev–Trinajstić information content (AvgIpc) is 2.66. The summed E-state index contributed by atoms with van der Waals surface area (Å²) in [4.78, 5) is 24.4. The third-order valence-electron chi connectivity index (χ3n) is 3.84. The zero-order chi connectivity index (χ0) is 21.6. The summed E-state index contributed by atoms with van der Waals surface area (Å²) in [6, 6.07) is 8.80. The van der Waals surface area contributed by atoms with Crippen molar-refractivity contribution in [3.05, 3.63) is 52.5 Å². The molecule has 0 aliphatic heterocycles. The predicted molar refractivity (Wildman–Crippen MR) is 109 cm³/mol. The van der Waals surface area contributed by atoms with Gasteiger partial charge in [-0.2, -0.15) is 0 Å². The summed E-state index contributed by atoms with van der Waals surface area (Å²) in [6.07, 6.45) is 0. The minimum atomic E-state index is -3.73. The lowest BCUT2D eigenvalue weighted by atomic mass is 10.1. The van der Waals surface area contributed by atoms with Gasteiger partial charge < -0.3 is 14.8 Å². The lowest BCUT2D eigenvalue weighted by Gasteiger charge is -2.12. The van der Waals surface area contributed by atoms with Gasteiger partial charge in [-0.25, -0.2) is 17.9 Å². The van der Waals surface area contributed by atoms with Crippen LogP contribution in [0, 0.1) is 6.92 Å². The number of carbonyl (C=O) groups is 2. The zero-order valence-electron chi connectivity index (χ0n) is 16.1. The highest BCUT2D eigenvalue weighted by Gasteiger charge is 2.19. The topological polar surface area (TPSA) is 111 Å². The van der Waals surface area contributed by atoms with Gasteiger partial charge in [0.2, 0.25) is 10.0 Å². The van der Waals surface area contributed by atoms with Crippen molar-refractivity contribution in [3.8, 4) is 5.75 Å². The first-order valence-corrected chi connectivity index (χ1v) is 10.4. The molecule has 0 radical (unpaired) electrons. The number of esters is 1. The lowest BCUT2D eigenvalue weighted by molar-refractivity contribution is -0.119. The summed E-state index contributed by atoms with van der Waals surface area (Å²) in [5.41, 5.74) is 0.899. The van der Waals surface area contributed by atoms with Crippen LogP contribution >= 0.6 is 11.6 Å². The molecule has 0 atom stereocenters. The molecule has 2 aromatic rings. The molecule has 0 saturated heterocycles. The minimum absolute atomic E-state index is 0.0529. The second-order valence-electron chi connectivity index (χ2n) is 5.95. The van der Waals surface area contributed by atoms with Crippen molar-refractivity contribution in [1.82, 2.24) is 4.72 Å². The number of aryl methyl sites for hydroxylation is 1. The van der Waals surface area contributed by atoms with Crippen molar-refractivity contribution < 1.29 is 27.5 Å². The van der Waals surface area contributed by atoms with Crippen molar-refractivity contribution in [3.63, 3.8) is 0 Å². The Labute approximate surface area is 174 Å².